The van der Waals surface area contributed by atoms with Gasteiger partial charge >= 0.3 is 0 Å². The minimum Gasteiger partial charge on any atom is -0.398 e. The van der Waals surface area contributed by atoms with Crippen LogP contribution >= 0.6 is 11.6 Å². The van der Waals surface area contributed by atoms with Crippen molar-refractivity contribution in [2.45, 2.75) is 25.2 Å². The van der Waals surface area contributed by atoms with Crippen molar-refractivity contribution in [1.29, 1.82) is 0 Å². The molecule has 0 atom stereocenters. The van der Waals surface area contributed by atoms with Crippen molar-refractivity contribution in [1.82, 2.24) is 4.31 Å². The molecule has 6 heteroatoms. The molecule has 4 nitrogen and oxygen atoms in total. The molecule has 1 aliphatic rings. The number of halogens is 1. The van der Waals surface area contributed by atoms with E-state index >= 15 is 0 Å². The van der Waals surface area contributed by atoms with Crippen molar-refractivity contribution < 1.29 is 8.42 Å². The Morgan fingerprint density at radius 2 is 2.00 bits per heavy atom. The Morgan fingerprint density at radius 3 is 2.58 bits per heavy atom. The molecule has 2 rings (SSSR count). The van der Waals surface area contributed by atoms with Crippen LogP contribution in [-0.2, 0) is 10.0 Å². The minimum absolute atomic E-state index is 0.162. The maximum absolute atomic E-state index is 12.5. The van der Waals surface area contributed by atoms with Gasteiger partial charge in [0.15, 0.2) is 0 Å². The van der Waals surface area contributed by atoms with E-state index in [4.69, 9.17) is 17.3 Å². The fourth-order valence-electron chi connectivity index (χ4n) is 2.05. The number of hydrogen-bond acceptors (Lipinski definition) is 3. The molecule has 0 fully saturated rings. The average molecular weight is 301 g/mol. The second-order valence-electron chi connectivity index (χ2n) is 4.80. The van der Waals surface area contributed by atoms with E-state index in [0.717, 1.165) is 12.0 Å². The number of benzene rings is 1. The summed E-state index contributed by atoms with van der Waals surface area (Å²) in [6.45, 7) is 4.61. The van der Waals surface area contributed by atoms with Gasteiger partial charge < -0.3 is 5.73 Å². The summed E-state index contributed by atoms with van der Waals surface area (Å²) < 4.78 is 26.5. The monoisotopic (exact) mass is 300 g/mol. The third kappa shape index (κ3) is 2.78. The molecular weight excluding hydrogens is 284 g/mol. The van der Waals surface area contributed by atoms with Gasteiger partial charge in [0, 0.05) is 23.8 Å². The quantitative estimate of drug-likeness (QED) is 0.674. The topological polar surface area (TPSA) is 63.4 Å². The Kier molecular flexibility index (Phi) is 3.90. The Bertz CT molecular complexity index is 615. The fraction of sp³-hybridized carbons (Fsp3) is 0.385. The molecule has 104 valence electrons. The lowest BCUT2D eigenvalue weighted by Gasteiger charge is -2.25. The molecular formula is C13H17ClN2O2S. The molecule has 1 aromatic rings. The van der Waals surface area contributed by atoms with Crippen LogP contribution in [0, 0.1) is 6.92 Å². The summed E-state index contributed by atoms with van der Waals surface area (Å²) in [5.74, 6) is 0. The third-order valence-corrected chi connectivity index (χ3v) is 5.51. The lowest BCUT2D eigenvalue weighted by atomic mass is 10.2. The van der Waals surface area contributed by atoms with Crippen molar-refractivity contribution in [3.05, 3.63) is 34.4 Å². The predicted octanol–water partition coefficient (Wildman–Crippen LogP) is 2.57. The Balaban J connectivity index is 2.43. The zero-order valence-corrected chi connectivity index (χ0v) is 12.6. The van der Waals surface area contributed by atoms with E-state index in [1.807, 2.05) is 6.92 Å². The van der Waals surface area contributed by atoms with Gasteiger partial charge in [-0.15, -0.1) is 0 Å². The average Bonchev–Trinajstić information content (AvgIpc) is 2.35. The molecule has 0 spiro atoms. The molecule has 0 aromatic heterocycles. The fourth-order valence-corrected chi connectivity index (χ4v) is 3.91. The lowest BCUT2D eigenvalue weighted by molar-refractivity contribution is 0.428. The SMILES string of the molecule is CC1=CCCN(S(=O)(=O)c2cc(N)c(C)c(Cl)c2)C1. The Hall–Kier alpha value is -1.04. The highest BCUT2D eigenvalue weighted by Crippen LogP contribution is 2.28. The first-order valence-corrected chi connectivity index (χ1v) is 7.85. The molecule has 2 N–H and O–H groups in total. The number of rotatable bonds is 2. The Labute approximate surface area is 118 Å². The molecule has 0 unspecified atom stereocenters. The summed E-state index contributed by atoms with van der Waals surface area (Å²) in [6.07, 6.45) is 2.79. The van der Waals surface area contributed by atoms with Gasteiger partial charge in [0.05, 0.1) is 4.90 Å². The van der Waals surface area contributed by atoms with Crippen molar-refractivity contribution in [2.24, 2.45) is 0 Å². The molecule has 0 saturated carbocycles. The molecule has 1 heterocycles. The van der Waals surface area contributed by atoms with Crippen LogP contribution in [0.15, 0.2) is 28.7 Å². The van der Waals surface area contributed by atoms with Crippen LogP contribution in [0.2, 0.25) is 5.02 Å². The molecule has 0 amide bonds. The molecule has 19 heavy (non-hydrogen) atoms. The first-order valence-electron chi connectivity index (χ1n) is 6.04. The van der Waals surface area contributed by atoms with Crippen LogP contribution in [-0.4, -0.2) is 25.8 Å². The molecule has 0 saturated heterocycles. The summed E-state index contributed by atoms with van der Waals surface area (Å²) >= 11 is 6.02. The van der Waals surface area contributed by atoms with Gasteiger partial charge in [0.1, 0.15) is 0 Å². The largest absolute Gasteiger partial charge is 0.398 e. The van der Waals surface area contributed by atoms with Gasteiger partial charge in [-0.1, -0.05) is 23.3 Å². The van der Waals surface area contributed by atoms with Gasteiger partial charge in [-0.3, -0.25) is 0 Å². The number of nitrogens with two attached hydrogens (primary N) is 1. The summed E-state index contributed by atoms with van der Waals surface area (Å²) in [7, 11) is -3.53. The van der Waals surface area contributed by atoms with Gasteiger partial charge in [-0.2, -0.15) is 4.31 Å². The van der Waals surface area contributed by atoms with Crippen molar-refractivity contribution in [3.8, 4) is 0 Å². The second kappa shape index (κ2) is 5.15. The third-order valence-electron chi connectivity index (χ3n) is 3.29. The van der Waals surface area contributed by atoms with E-state index in [9.17, 15) is 8.42 Å². The molecule has 1 aliphatic heterocycles. The predicted molar refractivity (Wildman–Crippen MR) is 77.7 cm³/mol. The second-order valence-corrected chi connectivity index (χ2v) is 7.14. The summed E-state index contributed by atoms with van der Waals surface area (Å²) in [6, 6.07) is 2.94. The van der Waals surface area contributed by atoms with E-state index in [-0.39, 0.29) is 4.90 Å². The molecule has 0 aliphatic carbocycles. The van der Waals surface area contributed by atoms with Crippen molar-refractivity contribution in [2.75, 3.05) is 18.8 Å². The first-order chi connectivity index (χ1) is 8.82. The normalized spacial score (nSPS) is 17.3. The highest BCUT2D eigenvalue weighted by molar-refractivity contribution is 7.89. The summed E-state index contributed by atoms with van der Waals surface area (Å²) in [4.78, 5) is 0.162. The van der Waals surface area contributed by atoms with Crippen LogP contribution in [0.1, 0.15) is 18.9 Å². The number of anilines is 1. The van der Waals surface area contributed by atoms with Crippen molar-refractivity contribution in [3.63, 3.8) is 0 Å². The van der Waals surface area contributed by atoms with Crippen molar-refractivity contribution >= 4 is 27.3 Å². The van der Waals surface area contributed by atoms with Crippen LogP contribution in [0.25, 0.3) is 0 Å². The zero-order valence-electron chi connectivity index (χ0n) is 11.0. The minimum atomic E-state index is -3.53. The van der Waals surface area contributed by atoms with Crippen LogP contribution in [0.5, 0.6) is 0 Å². The number of nitrogen functional groups attached to an aromatic ring is 1. The zero-order chi connectivity index (χ0) is 14.2. The van der Waals surface area contributed by atoms with Gasteiger partial charge in [-0.05, 0) is 38.0 Å². The van der Waals surface area contributed by atoms with E-state index in [1.165, 1.54) is 16.4 Å². The van der Waals surface area contributed by atoms with Crippen LogP contribution in [0.3, 0.4) is 0 Å². The highest BCUT2D eigenvalue weighted by atomic mass is 35.5. The van der Waals surface area contributed by atoms with E-state index in [0.29, 0.717) is 29.4 Å². The number of sulfonamides is 1. The molecule has 0 bridgehead atoms. The van der Waals surface area contributed by atoms with E-state index < -0.39 is 10.0 Å². The molecule has 1 aromatic carbocycles. The van der Waals surface area contributed by atoms with Crippen LogP contribution in [0.4, 0.5) is 5.69 Å². The number of nitrogens with zero attached hydrogens (tertiary/aromatic N) is 1. The van der Waals surface area contributed by atoms with Gasteiger partial charge in [0.2, 0.25) is 10.0 Å². The van der Waals surface area contributed by atoms with Crippen LogP contribution < -0.4 is 5.73 Å². The first kappa shape index (κ1) is 14.4. The van der Waals surface area contributed by atoms with Gasteiger partial charge in [0.25, 0.3) is 0 Å². The standard InChI is InChI=1S/C13H17ClN2O2S/c1-9-4-3-5-16(8-9)19(17,18)11-6-12(14)10(2)13(15)7-11/h4,6-7H,3,5,8,15H2,1-2H3. The smallest absolute Gasteiger partial charge is 0.243 e. The van der Waals surface area contributed by atoms with Gasteiger partial charge in [-0.25, -0.2) is 8.42 Å². The highest BCUT2D eigenvalue weighted by Gasteiger charge is 2.26. The maximum Gasteiger partial charge on any atom is 0.243 e. The number of hydrogen-bond donors (Lipinski definition) is 1. The maximum atomic E-state index is 12.5. The molecule has 0 radical (unpaired) electrons. The summed E-state index contributed by atoms with van der Waals surface area (Å²) in [5, 5.41) is 0.378. The lowest BCUT2D eigenvalue weighted by Crippen LogP contribution is -2.35. The Morgan fingerprint density at radius 1 is 1.32 bits per heavy atom. The van der Waals surface area contributed by atoms with E-state index in [1.54, 1.807) is 6.92 Å². The summed E-state index contributed by atoms with van der Waals surface area (Å²) in [5.41, 5.74) is 7.96. The van der Waals surface area contributed by atoms with E-state index in [2.05, 4.69) is 6.08 Å².